The number of hydrogen-bond donors (Lipinski definition) is 1. The van der Waals surface area contributed by atoms with E-state index in [0.29, 0.717) is 76.1 Å². The number of piperidine rings is 2. The highest BCUT2D eigenvalue weighted by atomic mass is 35.5. The number of carbonyl (C=O) groups is 4. The molecule has 2 atom stereocenters. The predicted molar refractivity (Wildman–Crippen MR) is 246 cm³/mol. The third-order valence-electron chi connectivity index (χ3n) is 14.8. The van der Waals surface area contributed by atoms with Crippen LogP contribution in [0.3, 0.4) is 0 Å². The minimum atomic E-state index is -4.62. The topological polar surface area (TPSA) is 123 Å². The smallest absolute Gasteiger partial charge is 0.420 e. The Labute approximate surface area is 405 Å². The number of amides is 4. The van der Waals surface area contributed by atoms with Crippen LogP contribution in [0.25, 0.3) is 21.9 Å². The average molecular weight is 1010 g/mol. The molecule has 0 spiro atoms. The molecule has 374 valence electrons. The standard InChI is InChI=1S/C25H29ClF3N3O3.C24H27ClF3N3O3/c1-14-13-30(2)9-10-32(14)23(33)16-5-7-31(8-6-16)24(34)22-20(26)18-11-17(15-3-4-15)12-19(21(18)35-22)25(27,28)29;1-13-12-29-6-9-31(13)22(32)15-4-7-30(8-5-15)23(33)21-19(25)17-10-16(14-2-3-14)11-18(20(17)34-21)24(26,27)28/h11-12,14-16H,3-10,13H2,1-2H3;10-11,13-15,29H,2-9,12H2,1H3. The Hall–Kier alpha value is -4.52. The molecule has 2 saturated carbocycles. The fraction of sp³-hybridized carbons (Fsp3) is 0.592. The molecule has 4 aromatic rings. The van der Waals surface area contributed by atoms with Crippen molar-refractivity contribution in [1.82, 2.24) is 29.8 Å². The fourth-order valence-electron chi connectivity index (χ4n) is 10.4. The van der Waals surface area contributed by atoms with E-state index in [1.165, 1.54) is 9.80 Å². The number of hydrogen-bond acceptors (Lipinski definition) is 8. The van der Waals surface area contributed by atoms with Crippen LogP contribution in [-0.4, -0.2) is 133 Å². The maximum atomic E-state index is 13.8. The molecule has 2 aromatic heterocycles. The number of carbonyl (C=O) groups excluding carboxylic acids is 4. The summed E-state index contributed by atoms with van der Waals surface area (Å²) in [6, 6.07) is 5.72. The first-order valence-corrected chi connectivity index (χ1v) is 24.7. The van der Waals surface area contributed by atoms with Gasteiger partial charge in [0.1, 0.15) is 11.2 Å². The molecule has 0 radical (unpaired) electrons. The number of furan rings is 2. The molecule has 4 saturated heterocycles. The molecular formula is C49H56Cl2F6N6O6. The van der Waals surface area contributed by atoms with Crippen molar-refractivity contribution in [2.75, 3.05) is 72.5 Å². The first-order chi connectivity index (χ1) is 32.7. The van der Waals surface area contributed by atoms with Gasteiger partial charge in [-0.25, -0.2) is 0 Å². The zero-order valence-corrected chi connectivity index (χ0v) is 40.2. The summed E-state index contributed by atoms with van der Waals surface area (Å²) in [5.74, 6) is -1.56. The van der Waals surface area contributed by atoms with Gasteiger partial charge in [0.15, 0.2) is 0 Å². The van der Waals surface area contributed by atoms with E-state index in [9.17, 15) is 45.5 Å². The quantitative estimate of drug-likeness (QED) is 0.190. The van der Waals surface area contributed by atoms with Crippen molar-refractivity contribution in [1.29, 1.82) is 0 Å². The summed E-state index contributed by atoms with van der Waals surface area (Å²) in [6.45, 7) is 9.88. The second-order valence-corrected chi connectivity index (χ2v) is 20.5. The van der Waals surface area contributed by atoms with Crippen molar-refractivity contribution in [2.45, 2.75) is 101 Å². The van der Waals surface area contributed by atoms with Crippen LogP contribution in [0.1, 0.15) is 120 Å². The lowest BCUT2D eigenvalue weighted by molar-refractivity contribution is -0.141. The first kappa shape index (κ1) is 49.5. The van der Waals surface area contributed by atoms with Gasteiger partial charge < -0.3 is 38.7 Å². The molecule has 0 bridgehead atoms. The van der Waals surface area contributed by atoms with Gasteiger partial charge in [-0.3, -0.25) is 19.2 Å². The Morgan fingerprint density at radius 1 is 0.594 bits per heavy atom. The summed E-state index contributed by atoms with van der Waals surface area (Å²) < 4.78 is 93.5. The number of benzene rings is 2. The Bertz CT molecular complexity index is 2630. The lowest BCUT2D eigenvalue weighted by Crippen LogP contribution is -2.55. The first-order valence-electron chi connectivity index (χ1n) is 23.9. The van der Waals surface area contributed by atoms with Gasteiger partial charge in [-0.2, -0.15) is 26.3 Å². The van der Waals surface area contributed by atoms with Crippen LogP contribution in [0.2, 0.25) is 10.0 Å². The van der Waals surface area contributed by atoms with Crippen LogP contribution in [-0.2, 0) is 21.9 Å². The van der Waals surface area contributed by atoms with Gasteiger partial charge >= 0.3 is 12.4 Å². The largest absolute Gasteiger partial charge is 0.449 e. The van der Waals surface area contributed by atoms with Crippen LogP contribution >= 0.6 is 23.2 Å². The van der Waals surface area contributed by atoms with Gasteiger partial charge in [-0.1, -0.05) is 23.2 Å². The maximum Gasteiger partial charge on any atom is 0.420 e. The second kappa shape index (κ2) is 19.2. The number of halogens is 8. The molecule has 6 heterocycles. The number of fused-ring (bicyclic) bond motifs is 2. The Kier molecular flexibility index (Phi) is 13.8. The summed E-state index contributed by atoms with van der Waals surface area (Å²) in [7, 11) is 2.04. The third kappa shape index (κ3) is 10.2. The number of nitrogens with one attached hydrogen (secondary N) is 1. The number of nitrogens with zero attached hydrogens (tertiary/aromatic N) is 5. The SMILES string of the molecule is CC1CN(C)CCN1C(=O)C1CCN(C(=O)c2oc3c(C(F)(F)F)cc(C4CC4)cc3c2Cl)CC1.CC1CNCCN1C(=O)C1CCN(C(=O)c2oc3c(C(F)(F)F)cc(C4CC4)cc3c2Cl)CC1. The Balaban J connectivity index is 0.000000172. The molecule has 20 heteroatoms. The van der Waals surface area contributed by atoms with Gasteiger partial charge in [-0.15, -0.1) is 0 Å². The minimum Gasteiger partial charge on any atom is -0.449 e. The van der Waals surface area contributed by atoms with Gasteiger partial charge in [0.25, 0.3) is 11.8 Å². The molecule has 2 aromatic carbocycles. The van der Waals surface area contributed by atoms with Crippen molar-refractivity contribution in [2.24, 2.45) is 11.8 Å². The molecule has 2 aliphatic carbocycles. The number of likely N-dealkylation sites (N-methyl/N-ethyl adjacent to an activating group) is 1. The molecule has 4 amide bonds. The highest BCUT2D eigenvalue weighted by Gasteiger charge is 2.42. The van der Waals surface area contributed by atoms with Crippen molar-refractivity contribution in [3.8, 4) is 0 Å². The van der Waals surface area contributed by atoms with Crippen LogP contribution in [0.5, 0.6) is 0 Å². The maximum absolute atomic E-state index is 13.8. The van der Waals surface area contributed by atoms with E-state index in [1.807, 2.05) is 30.7 Å². The lowest BCUT2D eigenvalue weighted by Gasteiger charge is -2.41. The molecule has 4 aliphatic heterocycles. The van der Waals surface area contributed by atoms with Gasteiger partial charge in [0, 0.05) is 100 Å². The predicted octanol–water partition coefficient (Wildman–Crippen LogP) is 9.65. The van der Waals surface area contributed by atoms with Crippen LogP contribution < -0.4 is 5.32 Å². The normalized spacial score (nSPS) is 22.6. The Morgan fingerprint density at radius 3 is 1.39 bits per heavy atom. The van der Waals surface area contributed by atoms with E-state index in [4.69, 9.17) is 32.0 Å². The lowest BCUT2D eigenvalue weighted by atomic mass is 9.94. The molecule has 6 fully saturated rings. The molecular weight excluding hydrogens is 953 g/mol. The second-order valence-electron chi connectivity index (χ2n) is 19.8. The molecule has 69 heavy (non-hydrogen) atoms. The zero-order valence-electron chi connectivity index (χ0n) is 38.7. The molecule has 12 nitrogen and oxygen atoms in total. The van der Waals surface area contributed by atoms with E-state index in [0.717, 1.165) is 64.0 Å². The van der Waals surface area contributed by atoms with Crippen molar-refractivity contribution < 1.29 is 54.4 Å². The number of likely N-dealkylation sites (tertiary alicyclic amines) is 2. The van der Waals surface area contributed by atoms with Crippen molar-refractivity contribution in [3.05, 3.63) is 68.1 Å². The van der Waals surface area contributed by atoms with Crippen LogP contribution in [0.15, 0.2) is 33.1 Å². The Morgan fingerprint density at radius 2 is 1.01 bits per heavy atom. The minimum absolute atomic E-state index is 0.0811. The van der Waals surface area contributed by atoms with Gasteiger partial charge in [0.2, 0.25) is 23.3 Å². The van der Waals surface area contributed by atoms with Gasteiger partial charge in [0.05, 0.1) is 21.2 Å². The monoisotopic (exact) mass is 1010 g/mol. The summed E-state index contributed by atoms with van der Waals surface area (Å²) in [5, 5.41) is 3.35. The van der Waals surface area contributed by atoms with E-state index in [1.54, 1.807) is 12.1 Å². The molecule has 1 N–H and O–H groups in total. The zero-order chi connectivity index (χ0) is 49.3. The summed E-state index contributed by atoms with van der Waals surface area (Å²) in [5.41, 5.74) is -1.45. The summed E-state index contributed by atoms with van der Waals surface area (Å²) >= 11 is 12.8. The summed E-state index contributed by atoms with van der Waals surface area (Å²) in [6.07, 6.45) is -3.89. The third-order valence-corrected chi connectivity index (χ3v) is 15.5. The van der Waals surface area contributed by atoms with Crippen LogP contribution in [0.4, 0.5) is 26.3 Å². The number of rotatable bonds is 6. The highest BCUT2D eigenvalue weighted by Crippen LogP contribution is 2.49. The highest BCUT2D eigenvalue weighted by molar-refractivity contribution is 6.39. The fourth-order valence-corrected chi connectivity index (χ4v) is 11.0. The average Bonchev–Trinajstić information content (AvgIpc) is 4.27. The number of alkyl halides is 6. The van der Waals surface area contributed by atoms with Gasteiger partial charge in [-0.05, 0) is 119 Å². The van der Waals surface area contributed by atoms with Crippen LogP contribution in [0, 0.1) is 11.8 Å². The number of piperazine rings is 2. The van der Waals surface area contributed by atoms with E-state index < -0.39 is 46.5 Å². The van der Waals surface area contributed by atoms with E-state index >= 15 is 0 Å². The molecule has 10 rings (SSSR count). The van der Waals surface area contributed by atoms with Crippen molar-refractivity contribution in [3.63, 3.8) is 0 Å². The summed E-state index contributed by atoms with van der Waals surface area (Å²) in [4.78, 5) is 61.5. The molecule has 6 aliphatic rings. The van der Waals surface area contributed by atoms with E-state index in [2.05, 4.69) is 10.2 Å². The van der Waals surface area contributed by atoms with E-state index in [-0.39, 0.29) is 79.9 Å². The van der Waals surface area contributed by atoms with Crippen molar-refractivity contribution >= 4 is 68.8 Å². The molecule has 2 unspecified atom stereocenters.